The lowest BCUT2D eigenvalue weighted by Gasteiger charge is -2.07. The minimum absolute atomic E-state index is 0.225. The second kappa shape index (κ2) is 4.03. The van der Waals surface area contributed by atoms with Crippen molar-refractivity contribution in [3.8, 4) is 0 Å². The summed E-state index contributed by atoms with van der Waals surface area (Å²) in [4.78, 5) is 4.11. The van der Waals surface area contributed by atoms with E-state index in [1.54, 1.807) is 6.20 Å². The standard InChI is InChI=1S/C13H15N3O2/c1-8-3-4-10(17-8)7-11(14)12-9(2)16-6-5-15-13(16)18-12/h3-6,11H,7,14H2,1-2H3. The minimum atomic E-state index is -0.225. The molecule has 3 heterocycles. The maximum absolute atomic E-state index is 6.17. The summed E-state index contributed by atoms with van der Waals surface area (Å²) in [5.74, 6) is 3.09. The van der Waals surface area contributed by atoms with Crippen LogP contribution in [-0.4, -0.2) is 9.38 Å². The van der Waals surface area contributed by atoms with Gasteiger partial charge in [-0.3, -0.25) is 4.40 Å². The fourth-order valence-corrected chi connectivity index (χ4v) is 2.16. The lowest BCUT2D eigenvalue weighted by atomic mass is 10.1. The summed E-state index contributed by atoms with van der Waals surface area (Å²) in [6, 6.07) is 3.65. The van der Waals surface area contributed by atoms with Crippen LogP contribution < -0.4 is 5.73 Å². The zero-order chi connectivity index (χ0) is 12.7. The van der Waals surface area contributed by atoms with Gasteiger partial charge in [0.2, 0.25) is 0 Å². The summed E-state index contributed by atoms with van der Waals surface area (Å²) in [5.41, 5.74) is 7.15. The molecule has 0 spiro atoms. The predicted octanol–water partition coefficient (Wildman–Crippen LogP) is 2.38. The molecule has 0 bridgehead atoms. The molecule has 0 fully saturated rings. The highest BCUT2D eigenvalue weighted by Gasteiger charge is 2.19. The van der Waals surface area contributed by atoms with E-state index < -0.39 is 0 Å². The number of aromatic nitrogens is 2. The summed E-state index contributed by atoms with van der Waals surface area (Å²) in [6.45, 7) is 3.89. The first-order valence-corrected chi connectivity index (χ1v) is 5.88. The van der Waals surface area contributed by atoms with Crippen molar-refractivity contribution in [2.24, 2.45) is 5.73 Å². The van der Waals surface area contributed by atoms with Gasteiger partial charge in [0.1, 0.15) is 17.3 Å². The summed E-state index contributed by atoms with van der Waals surface area (Å²) < 4.78 is 13.1. The van der Waals surface area contributed by atoms with E-state index in [9.17, 15) is 0 Å². The van der Waals surface area contributed by atoms with E-state index in [4.69, 9.17) is 14.6 Å². The third-order valence-electron chi connectivity index (χ3n) is 3.08. The van der Waals surface area contributed by atoms with Crippen LogP contribution in [0.2, 0.25) is 0 Å². The number of oxazole rings is 1. The maximum Gasteiger partial charge on any atom is 0.306 e. The van der Waals surface area contributed by atoms with E-state index in [0.29, 0.717) is 12.3 Å². The molecule has 0 saturated heterocycles. The van der Waals surface area contributed by atoms with Crippen LogP contribution in [-0.2, 0) is 6.42 Å². The third-order valence-corrected chi connectivity index (χ3v) is 3.08. The Kier molecular flexibility index (Phi) is 2.48. The van der Waals surface area contributed by atoms with Crippen molar-refractivity contribution in [1.29, 1.82) is 0 Å². The lowest BCUT2D eigenvalue weighted by Crippen LogP contribution is -2.13. The molecule has 0 aromatic carbocycles. The Balaban J connectivity index is 1.89. The summed E-state index contributed by atoms with van der Waals surface area (Å²) in [7, 11) is 0. The Labute approximate surface area is 104 Å². The average Bonchev–Trinajstić information content (AvgIpc) is 2.98. The van der Waals surface area contributed by atoms with Gasteiger partial charge >= 0.3 is 5.84 Å². The zero-order valence-corrected chi connectivity index (χ0v) is 10.4. The van der Waals surface area contributed by atoms with Crippen molar-refractivity contribution in [3.63, 3.8) is 0 Å². The van der Waals surface area contributed by atoms with Gasteiger partial charge in [-0.2, -0.15) is 0 Å². The zero-order valence-electron chi connectivity index (χ0n) is 10.4. The van der Waals surface area contributed by atoms with Gasteiger partial charge in [-0.15, -0.1) is 0 Å². The van der Waals surface area contributed by atoms with Crippen LogP contribution in [0.3, 0.4) is 0 Å². The van der Waals surface area contributed by atoms with Crippen molar-refractivity contribution >= 4 is 5.84 Å². The van der Waals surface area contributed by atoms with Gasteiger partial charge in [0.15, 0.2) is 0 Å². The molecule has 0 aliphatic rings. The molecule has 3 aromatic heterocycles. The van der Waals surface area contributed by atoms with Crippen LogP contribution in [0.5, 0.6) is 0 Å². The second-order valence-corrected chi connectivity index (χ2v) is 4.45. The van der Waals surface area contributed by atoms with Crippen molar-refractivity contribution in [3.05, 3.63) is 47.5 Å². The molecular formula is C13H15N3O2. The van der Waals surface area contributed by atoms with E-state index in [1.807, 2.05) is 36.6 Å². The second-order valence-electron chi connectivity index (χ2n) is 4.45. The molecule has 3 rings (SSSR count). The van der Waals surface area contributed by atoms with Crippen LogP contribution in [0.1, 0.15) is 29.0 Å². The highest BCUT2D eigenvalue weighted by Crippen LogP contribution is 2.23. The van der Waals surface area contributed by atoms with E-state index in [-0.39, 0.29) is 6.04 Å². The number of imidazole rings is 1. The molecule has 0 radical (unpaired) electrons. The van der Waals surface area contributed by atoms with E-state index in [0.717, 1.165) is 23.0 Å². The highest BCUT2D eigenvalue weighted by molar-refractivity contribution is 5.31. The van der Waals surface area contributed by atoms with Crippen molar-refractivity contribution < 1.29 is 8.83 Å². The molecule has 94 valence electrons. The first-order valence-electron chi connectivity index (χ1n) is 5.88. The summed E-state index contributed by atoms with van der Waals surface area (Å²) in [5, 5.41) is 0. The number of furan rings is 1. The Hall–Kier alpha value is -2.01. The molecule has 5 nitrogen and oxygen atoms in total. The fourth-order valence-electron chi connectivity index (χ4n) is 2.16. The third kappa shape index (κ3) is 1.73. The number of nitrogens with zero attached hydrogens (tertiary/aromatic N) is 2. The van der Waals surface area contributed by atoms with Gasteiger partial charge in [-0.1, -0.05) is 0 Å². The Bertz CT molecular complexity index is 677. The van der Waals surface area contributed by atoms with Gasteiger partial charge in [0, 0.05) is 18.8 Å². The van der Waals surface area contributed by atoms with Gasteiger partial charge in [0.05, 0.1) is 11.7 Å². The van der Waals surface area contributed by atoms with Crippen LogP contribution >= 0.6 is 0 Å². The Morgan fingerprint density at radius 2 is 2.17 bits per heavy atom. The van der Waals surface area contributed by atoms with Crippen molar-refractivity contribution in [1.82, 2.24) is 9.38 Å². The van der Waals surface area contributed by atoms with Gasteiger partial charge in [-0.25, -0.2) is 4.98 Å². The summed E-state index contributed by atoms with van der Waals surface area (Å²) >= 11 is 0. The number of fused-ring (bicyclic) bond motifs is 1. The van der Waals surface area contributed by atoms with Crippen LogP contribution in [0.25, 0.3) is 5.84 Å². The molecule has 1 unspecified atom stereocenters. The normalized spacial score (nSPS) is 13.3. The van der Waals surface area contributed by atoms with Crippen molar-refractivity contribution in [2.45, 2.75) is 26.3 Å². The molecule has 1 atom stereocenters. The molecule has 0 amide bonds. The molecular weight excluding hydrogens is 230 g/mol. The van der Waals surface area contributed by atoms with Crippen LogP contribution in [0.4, 0.5) is 0 Å². The largest absolute Gasteiger partial charge is 0.466 e. The maximum atomic E-state index is 6.17. The van der Waals surface area contributed by atoms with Gasteiger partial charge < -0.3 is 14.6 Å². The number of nitrogens with two attached hydrogens (primary N) is 1. The molecule has 18 heavy (non-hydrogen) atoms. The first kappa shape index (κ1) is 11.1. The predicted molar refractivity (Wildman–Crippen MR) is 66.3 cm³/mol. The Morgan fingerprint density at radius 1 is 1.33 bits per heavy atom. The van der Waals surface area contributed by atoms with E-state index in [2.05, 4.69) is 4.98 Å². The molecule has 0 aliphatic heterocycles. The summed E-state index contributed by atoms with van der Waals surface area (Å²) in [6.07, 6.45) is 4.18. The number of hydrogen-bond acceptors (Lipinski definition) is 4. The van der Waals surface area contributed by atoms with Crippen LogP contribution in [0.15, 0.2) is 33.4 Å². The van der Waals surface area contributed by atoms with E-state index >= 15 is 0 Å². The van der Waals surface area contributed by atoms with Crippen molar-refractivity contribution in [2.75, 3.05) is 0 Å². The molecule has 2 N–H and O–H groups in total. The van der Waals surface area contributed by atoms with Gasteiger partial charge in [0.25, 0.3) is 0 Å². The monoisotopic (exact) mass is 245 g/mol. The lowest BCUT2D eigenvalue weighted by molar-refractivity contribution is 0.432. The molecule has 3 aromatic rings. The highest BCUT2D eigenvalue weighted by atomic mass is 16.4. The SMILES string of the molecule is Cc1ccc(CC(N)c2oc3nccn3c2C)o1. The molecule has 0 saturated carbocycles. The number of rotatable bonds is 3. The van der Waals surface area contributed by atoms with Crippen LogP contribution in [0, 0.1) is 13.8 Å². The molecule has 5 heteroatoms. The topological polar surface area (TPSA) is 69.6 Å². The van der Waals surface area contributed by atoms with Gasteiger partial charge in [-0.05, 0) is 26.0 Å². The number of hydrogen-bond donors (Lipinski definition) is 1. The van der Waals surface area contributed by atoms with E-state index in [1.165, 1.54) is 0 Å². The Morgan fingerprint density at radius 3 is 2.83 bits per heavy atom. The fraction of sp³-hybridized carbons (Fsp3) is 0.308. The number of aryl methyl sites for hydroxylation is 2. The minimum Gasteiger partial charge on any atom is -0.466 e. The quantitative estimate of drug-likeness (QED) is 0.769. The average molecular weight is 245 g/mol. The molecule has 0 aliphatic carbocycles. The first-order chi connectivity index (χ1) is 8.65. The smallest absolute Gasteiger partial charge is 0.306 e.